The first-order valence-corrected chi connectivity index (χ1v) is 8.54. The van der Waals surface area contributed by atoms with Gasteiger partial charge >= 0.3 is 0 Å². The summed E-state index contributed by atoms with van der Waals surface area (Å²) >= 11 is 3.33. The van der Waals surface area contributed by atoms with Gasteiger partial charge in [0, 0.05) is 15.2 Å². The van der Waals surface area contributed by atoms with Crippen LogP contribution in [0.15, 0.2) is 22.7 Å². The SMILES string of the molecule is O=S(=O)(Cl)Cc1cc(Br)cc(OCC2CC2)c1. The van der Waals surface area contributed by atoms with Crippen molar-refractivity contribution in [3.8, 4) is 5.75 Å². The first kappa shape index (κ1) is 13.2. The fourth-order valence-electron chi connectivity index (χ4n) is 1.49. The number of halogens is 2. The van der Waals surface area contributed by atoms with E-state index in [1.54, 1.807) is 12.1 Å². The molecule has 3 nitrogen and oxygen atoms in total. The van der Waals surface area contributed by atoms with Gasteiger partial charge in [-0.05, 0) is 42.5 Å². The van der Waals surface area contributed by atoms with E-state index >= 15 is 0 Å². The van der Waals surface area contributed by atoms with Crippen molar-refractivity contribution in [3.05, 3.63) is 28.2 Å². The first-order chi connectivity index (χ1) is 7.92. The van der Waals surface area contributed by atoms with E-state index in [0.29, 0.717) is 23.8 Å². The Labute approximate surface area is 114 Å². The average Bonchev–Trinajstić information content (AvgIpc) is 2.94. The maximum absolute atomic E-state index is 11.0. The monoisotopic (exact) mass is 338 g/mol. The largest absolute Gasteiger partial charge is 0.493 e. The van der Waals surface area contributed by atoms with Gasteiger partial charge in [-0.25, -0.2) is 8.42 Å². The van der Waals surface area contributed by atoms with Gasteiger partial charge in [-0.3, -0.25) is 0 Å². The number of benzene rings is 1. The highest BCUT2D eigenvalue weighted by Gasteiger charge is 2.22. The van der Waals surface area contributed by atoms with Crippen LogP contribution in [0.2, 0.25) is 0 Å². The maximum atomic E-state index is 11.0. The zero-order valence-electron chi connectivity index (χ0n) is 9.03. The molecule has 0 bridgehead atoms. The minimum absolute atomic E-state index is 0.187. The standard InChI is InChI=1S/C11H12BrClO3S/c12-10-3-9(7-17(13,14)15)4-11(5-10)16-6-8-1-2-8/h3-5,8H,1-2,6-7H2. The summed E-state index contributed by atoms with van der Waals surface area (Å²) in [6, 6.07) is 5.27. The van der Waals surface area contributed by atoms with Gasteiger partial charge in [0.1, 0.15) is 5.75 Å². The van der Waals surface area contributed by atoms with Crippen molar-refractivity contribution < 1.29 is 13.2 Å². The molecule has 1 aliphatic carbocycles. The van der Waals surface area contributed by atoms with Crippen molar-refractivity contribution >= 4 is 35.7 Å². The fourth-order valence-corrected chi connectivity index (χ4v) is 2.95. The van der Waals surface area contributed by atoms with Crippen LogP contribution in [0.3, 0.4) is 0 Å². The molecule has 0 radical (unpaired) electrons. The molecule has 17 heavy (non-hydrogen) atoms. The van der Waals surface area contributed by atoms with Crippen molar-refractivity contribution in [3.63, 3.8) is 0 Å². The molecule has 0 atom stereocenters. The zero-order chi connectivity index (χ0) is 12.5. The second kappa shape index (κ2) is 5.16. The second-order valence-electron chi connectivity index (χ2n) is 4.23. The van der Waals surface area contributed by atoms with Crippen LogP contribution in [0, 0.1) is 5.92 Å². The molecule has 94 valence electrons. The van der Waals surface area contributed by atoms with Crippen molar-refractivity contribution in [1.82, 2.24) is 0 Å². The molecule has 6 heteroatoms. The van der Waals surface area contributed by atoms with E-state index in [1.165, 1.54) is 12.8 Å². The second-order valence-corrected chi connectivity index (χ2v) is 7.93. The van der Waals surface area contributed by atoms with E-state index in [4.69, 9.17) is 15.4 Å². The van der Waals surface area contributed by atoms with Gasteiger partial charge in [-0.1, -0.05) is 15.9 Å². The van der Waals surface area contributed by atoms with Gasteiger partial charge in [-0.2, -0.15) is 0 Å². The summed E-state index contributed by atoms with van der Waals surface area (Å²) in [6.07, 6.45) is 2.44. The minimum atomic E-state index is -3.53. The minimum Gasteiger partial charge on any atom is -0.493 e. The van der Waals surface area contributed by atoms with Gasteiger partial charge in [0.2, 0.25) is 9.05 Å². The van der Waals surface area contributed by atoms with E-state index in [-0.39, 0.29) is 5.75 Å². The lowest BCUT2D eigenvalue weighted by atomic mass is 10.2. The van der Waals surface area contributed by atoms with Crippen molar-refractivity contribution in [2.24, 2.45) is 5.92 Å². The topological polar surface area (TPSA) is 43.4 Å². The van der Waals surface area contributed by atoms with Crippen LogP contribution < -0.4 is 4.74 Å². The van der Waals surface area contributed by atoms with Crippen LogP contribution in [-0.2, 0) is 14.8 Å². The molecule has 0 heterocycles. The van der Waals surface area contributed by atoms with Crippen molar-refractivity contribution in [1.29, 1.82) is 0 Å². The van der Waals surface area contributed by atoms with Crippen LogP contribution in [0.4, 0.5) is 0 Å². The molecule has 0 amide bonds. The summed E-state index contributed by atoms with van der Waals surface area (Å²) in [4.78, 5) is 0. The number of hydrogen-bond acceptors (Lipinski definition) is 3. The summed E-state index contributed by atoms with van der Waals surface area (Å²) in [5.41, 5.74) is 0.625. The predicted octanol–water partition coefficient (Wildman–Crippen LogP) is 3.31. The molecule has 0 unspecified atom stereocenters. The molecule has 1 fully saturated rings. The average molecular weight is 340 g/mol. The number of ether oxygens (including phenoxy) is 1. The van der Waals surface area contributed by atoms with Crippen LogP contribution in [0.1, 0.15) is 18.4 Å². The first-order valence-electron chi connectivity index (χ1n) is 5.27. The third kappa shape index (κ3) is 4.85. The third-order valence-corrected chi connectivity index (χ3v) is 3.92. The normalized spacial score (nSPS) is 15.9. The van der Waals surface area contributed by atoms with E-state index < -0.39 is 9.05 Å². The van der Waals surface area contributed by atoms with Gasteiger partial charge in [0.15, 0.2) is 0 Å². The van der Waals surface area contributed by atoms with Crippen LogP contribution in [0.25, 0.3) is 0 Å². The third-order valence-electron chi connectivity index (χ3n) is 2.45. The Hall–Kier alpha value is -0.260. The Morgan fingerprint density at radius 1 is 1.35 bits per heavy atom. The molecule has 1 aliphatic rings. The quantitative estimate of drug-likeness (QED) is 0.773. The van der Waals surface area contributed by atoms with E-state index in [0.717, 1.165) is 4.47 Å². The fraction of sp³-hybridized carbons (Fsp3) is 0.455. The molecular formula is C11H12BrClO3S. The van der Waals surface area contributed by atoms with Gasteiger partial charge in [-0.15, -0.1) is 0 Å². The molecular weight excluding hydrogens is 328 g/mol. The Bertz CT molecular complexity index is 511. The molecule has 1 saturated carbocycles. The van der Waals surface area contributed by atoms with E-state index in [9.17, 15) is 8.42 Å². The maximum Gasteiger partial charge on any atom is 0.236 e. The highest BCUT2D eigenvalue weighted by Crippen LogP contribution is 2.30. The number of hydrogen-bond donors (Lipinski definition) is 0. The lowest BCUT2D eigenvalue weighted by molar-refractivity contribution is 0.299. The van der Waals surface area contributed by atoms with Crippen LogP contribution in [-0.4, -0.2) is 15.0 Å². The Morgan fingerprint density at radius 3 is 2.65 bits per heavy atom. The lowest BCUT2D eigenvalue weighted by Crippen LogP contribution is -2.01. The van der Waals surface area contributed by atoms with E-state index in [1.807, 2.05) is 6.07 Å². The molecule has 0 aromatic heterocycles. The summed E-state index contributed by atoms with van der Waals surface area (Å²) in [5, 5.41) is 0. The summed E-state index contributed by atoms with van der Waals surface area (Å²) in [6.45, 7) is 0.698. The molecule has 2 rings (SSSR count). The summed E-state index contributed by atoms with van der Waals surface area (Å²) in [5.74, 6) is 1.16. The Morgan fingerprint density at radius 2 is 2.06 bits per heavy atom. The highest BCUT2D eigenvalue weighted by atomic mass is 79.9. The smallest absolute Gasteiger partial charge is 0.236 e. The molecule has 0 aliphatic heterocycles. The molecule has 0 saturated heterocycles. The molecule has 1 aromatic rings. The van der Waals surface area contributed by atoms with Crippen LogP contribution >= 0.6 is 26.6 Å². The number of rotatable bonds is 5. The highest BCUT2D eigenvalue weighted by molar-refractivity contribution is 9.10. The molecule has 0 spiro atoms. The summed E-state index contributed by atoms with van der Waals surface area (Å²) < 4.78 is 28.4. The van der Waals surface area contributed by atoms with Crippen LogP contribution in [0.5, 0.6) is 5.75 Å². The van der Waals surface area contributed by atoms with Crippen molar-refractivity contribution in [2.45, 2.75) is 18.6 Å². The zero-order valence-corrected chi connectivity index (χ0v) is 12.2. The van der Waals surface area contributed by atoms with Gasteiger partial charge in [0.05, 0.1) is 12.4 Å². The van der Waals surface area contributed by atoms with Gasteiger partial charge < -0.3 is 4.74 Å². The predicted molar refractivity (Wildman–Crippen MR) is 70.8 cm³/mol. The Kier molecular flexibility index (Phi) is 4.00. The van der Waals surface area contributed by atoms with Gasteiger partial charge in [0.25, 0.3) is 0 Å². The lowest BCUT2D eigenvalue weighted by Gasteiger charge is -2.08. The van der Waals surface area contributed by atoms with E-state index in [2.05, 4.69) is 15.9 Å². The molecule has 1 aromatic carbocycles. The van der Waals surface area contributed by atoms with Crippen molar-refractivity contribution in [2.75, 3.05) is 6.61 Å². The molecule has 0 N–H and O–H groups in total. The Balaban J connectivity index is 2.10. The summed E-state index contributed by atoms with van der Waals surface area (Å²) in [7, 11) is 1.69.